The van der Waals surface area contributed by atoms with Crippen molar-refractivity contribution in [1.29, 1.82) is 0 Å². The number of hydrogen-bond donors (Lipinski definition) is 1. The lowest BCUT2D eigenvalue weighted by molar-refractivity contribution is 0.209. The van der Waals surface area contributed by atoms with Gasteiger partial charge in [-0.3, -0.25) is 0 Å². The minimum absolute atomic E-state index is 0.491. The zero-order chi connectivity index (χ0) is 13.8. The van der Waals surface area contributed by atoms with Crippen LogP contribution in [0.15, 0.2) is 30.3 Å². The van der Waals surface area contributed by atoms with Gasteiger partial charge >= 0.3 is 0 Å². The second kappa shape index (κ2) is 6.76. The highest BCUT2D eigenvalue weighted by atomic mass is 15.0. The van der Waals surface area contributed by atoms with Crippen molar-refractivity contribution >= 4 is 0 Å². The molecule has 0 amide bonds. The molecule has 2 aliphatic rings. The molecule has 0 radical (unpaired) electrons. The summed E-state index contributed by atoms with van der Waals surface area (Å²) in [6, 6.07) is 12.2. The monoisotopic (exact) mass is 271 g/mol. The normalized spacial score (nSPS) is 29.4. The third kappa shape index (κ3) is 3.25. The van der Waals surface area contributed by atoms with Crippen molar-refractivity contribution in [1.82, 2.24) is 5.32 Å². The average molecular weight is 271 g/mol. The van der Waals surface area contributed by atoms with E-state index in [1.54, 1.807) is 0 Å². The smallest absolute Gasteiger partial charge is 0.0294 e. The minimum Gasteiger partial charge on any atom is -0.307 e. The second-order valence-corrected chi connectivity index (χ2v) is 6.90. The van der Waals surface area contributed by atoms with Crippen LogP contribution in [0, 0.1) is 11.8 Å². The van der Waals surface area contributed by atoms with E-state index in [0.29, 0.717) is 6.04 Å². The first-order valence-electron chi connectivity index (χ1n) is 8.65. The van der Waals surface area contributed by atoms with Crippen LogP contribution in [0.25, 0.3) is 0 Å². The van der Waals surface area contributed by atoms with Crippen molar-refractivity contribution in [2.75, 3.05) is 0 Å². The Hall–Kier alpha value is -0.820. The van der Waals surface area contributed by atoms with Gasteiger partial charge in [-0.2, -0.15) is 0 Å². The predicted molar refractivity (Wildman–Crippen MR) is 85.7 cm³/mol. The molecule has 2 aliphatic carbocycles. The van der Waals surface area contributed by atoms with Gasteiger partial charge in [0.1, 0.15) is 0 Å². The van der Waals surface area contributed by atoms with E-state index >= 15 is 0 Å². The zero-order valence-electron chi connectivity index (χ0n) is 12.9. The average Bonchev–Trinajstić information content (AvgIpc) is 2.97. The topological polar surface area (TPSA) is 12.0 Å². The fraction of sp³-hybridized carbons (Fsp3) is 0.684. The molecule has 0 aliphatic heterocycles. The van der Waals surface area contributed by atoms with Crippen molar-refractivity contribution in [2.45, 2.75) is 70.4 Å². The van der Waals surface area contributed by atoms with E-state index in [4.69, 9.17) is 0 Å². The van der Waals surface area contributed by atoms with Gasteiger partial charge in [0.2, 0.25) is 0 Å². The van der Waals surface area contributed by atoms with E-state index < -0.39 is 0 Å². The highest BCUT2D eigenvalue weighted by Crippen LogP contribution is 2.40. The van der Waals surface area contributed by atoms with Crippen LogP contribution in [0.3, 0.4) is 0 Å². The van der Waals surface area contributed by atoms with Crippen LogP contribution in [0.2, 0.25) is 0 Å². The van der Waals surface area contributed by atoms with Crippen LogP contribution in [-0.4, -0.2) is 6.04 Å². The molecular formula is C19H29N. The fourth-order valence-electron chi connectivity index (χ4n) is 4.48. The predicted octanol–water partition coefficient (Wildman–Crippen LogP) is 5.09. The van der Waals surface area contributed by atoms with Gasteiger partial charge in [-0.15, -0.1) is 0 Å². The molecule has 110 valence electrons. The molecule has 2 saturated carbocycles. The van der Waals surface area contributed by atoms with Gasteiger partial charge in [0, 0.05) is 12.1 Å². The second-order valence-electron chi connectivity index (χ2n) is 6.90. The summed E-state index contributed by atoms with van der Waals surface area (Å²) >= 11 is 0. The lowest BCUT2D eigenvalue weighted by Crippen LogP contribution is -2.38. The van der Waals surface area contributed by atoms with Crippen LogP contribution in [0.1, 0.15) is 69.9 Å². The molecule has 1 aromatic carbocycles. The summed E-state index contributed by atoms with van der Waals surface area (Å²) in [5, 5.41) is 3.94. The molecule has 3 rings (SSSR count). The fourth-order valence-corrected chi connectivity index (χ4v) is 4.48. The van der Waals surface area contributed by atoms with Gasteiger partial charge in [0.05, 0.1) is 0 Å². The number of nitrogens with one attached hydrogen (secondary N) is 1. The molecule has 0 spiro atoms. The molecular weight excluding hydrogens is 242 g/mol. The number of hydrogen-bond acceptors (Lipinski definition) is 1. The Bertz CT molecular complexity index is 393. The Labute approximate surface area is 124 Å². The van der Waals surface area contributed by atoms with Crippen LogP contribution >= 0.6 is 0 Å². The molecule has 3 atom stereocenters. The Morgan fingerprint density at radius 3 is 2.40 bits per heavy atom. The van der Waals surface area contributed by atoms with E-state index in [1.807, 2.05) is 0 Å². The van der Waals surface area contributed by atoms with E-state index in [1.165, 1.54) is 56.9 Å². The summed E-state index contributed by atoms with van der Waals surface area (Å²) in [7, 11) is 0. The van der Waals surface area contributed by atoms with Gasteiger partial charge in [-0.25, -0.2) is 0 Å². The maximum absolute atomic E-state index is 3.94. The van der Waals surface area contributed by atoms with Gasteiger partial charge in [-0.1, -0.05) is 68.9 Å². The summed E-state index contributed by atoms with van der Waals surface area (Å²) in [5.41, 5.74) is 1.43. The Balaban J connectivity index is 1.61. The molecule has 0 saturated heterocycles. The summed E-state index contributed by atoms with van der Waals surface area (Å²) in [6.07, 6.45) is 11.7. The lowest BCUT2D eigenvalue weighted by atomic mass is 9.77. The van der Waals surface area contributed by atoms with E-state index in [2.05, 4.69) is 42.6 Å². The molecule has 2 fully saturated rings. The van der Waals surface area contributed by atoms with Crippen LogP contribution in [0.5, 0.6) is 0 Å². The van der Waals surface area contributed by atoms with Crippen molar-refractivity contribution < 1.29 is 0 Å². The summed E-state index contributed by atoms with van der Waals surface area (Å²) in [4.78, 5) is 0. The standard InChI is InChI=1S/C19H29N/c1-15(16-9-4-2-5-10-16)20-19-14-8-13-18(19)17-11-6-3-7-12-17/h2,4-5,9-10,15,17-20H,3,6-8,11-14H2,1H3/t15?,18-,19-/m1/s1. The Kier molecular flexibility index (Phi) is 4.77. The highest BCUT2D eigenvalue weighted by Gasteiger charge is 2.34. The molecule has 0 heterocycles. The van der Waals surface area contributed by atoms with Crippen molar-refractivity contribution in [3.8, 4) is 0 Å². The first-order chi connectivity index (χ1) is 9.84. The van der Waals surface area contributed by atoms with Crippen molar-refractivity contribution in [3.05, 3.63) is 35.9 Å². The molecule has 0 aromatic heterocycles. The molecule has 0 bridgehead atoms. The Morgan fingerprint density at radius 2 is 1.65 bits per heavy atom. The van der Waals surface area contributed by atoms with Crippen LogP contribution in [0.4, 0.5) is 0 Å². The largest absolute Gasteiger partial charge is 0.307 e. The van der Waals surface area contributed by atoms with Gasteiger partial charge in [0.15, 0.2) is 0 Å². The van der Waals surface area contributed by atoms with Crippen molar-refractivity contribution in [2.24, 2.45) is 11.8 Å². The Morgan fingerprint density at radius 1 is 0.900 bits per heavy atom. The summed E-state index contributed by atoms with van der Waals surface area (Å²) < 4.78 is 0. The summed E-state index contributed by atoms with van der Waals surface area (Å²) in [5.74, 6) is 1.95. The van der Waals surface area contributed by atoms with E-state index in [-0.39, 0.29) is 0 Å². The lowest BCUT2D eigenvalue weighted by Gasteiger charge is -2.33. The molecule has 20 heavy (non-hydrogen) atoms. The first-order valence-corrected chi connectivity index (χ1v) is 8.65. The van der Waals surface area contributed by atoms with Gasteiger partial charge in [-0.05, 0) is 37.2 Å². The molecule has 1 aromatic rings. The third-order valence-corrected chi connectivity index (χ3v) is 5.59. The van der Waals surface area contributed by atoms with E-state index in [0.717, 1.165) is 17.9 Å². The highest BCUT2D eigenvalue weighted by molar-refractivity contribution is 5.18. The number of rotatable bonds is 4. The number of benzene rings is 1. The molecule has 1 N–H and O–H groups in total. The molecule has 1 heteroatoms. The van der Waals surface area contributed by atoms with Crippen LogP contribution in [-0.2, 0) is 0 Å². The first kappa shape index (κ1) is 14.1. The third-order valence-electron chi connectivity index (χ3n) is 5.59. The minimum atomic E-state index is 0.491. The maximum Gasteiger partial charge on any atom is 0.0294 e. The van der Waals surface area contributed by atoms with Crippen LogP contribution < -0.4 is 5.32 Å². The van der Waals surface area contributed by atoms with Gasteiger partial charge < -0.3 is 5.32 Å². The maximum atomic E-state index is 3.94. The quantitative estimate of drug-likeness (QED) is 0.804. The zero-order valence-corrected chi connectivity index (χ0v) is 12.9. The summed E-state index contributed by atoms with van der Waals surface area (Å²) in [6.45, 7) is 2.32. The van der Waals surface area contributed by atoms with E-state index in [9.17, 15) is 0 Å². The van der Waals surface area contributed by atoms with Gasteiger partial charge in [0.25, 0.3) is 0 Å². The van der Waals surface area contributed by atoms with Crippen molar-refractivity contribution in [3.63, 3.8) is 0 Å². The SMILES string of the molecule is CC(N[C@@H]1CCC[C@@H]1C1CCCCC1)c1ccccc1. The molecule has 1 unspecified atom stereocenters. The molecule has 1 nitrogen and oxygen atoms in total.